The molecule has 0 spiro atoms. The second kappa shape index (κ2) is 6.75. The number of nitrogens with one attached hydrogen (secondary N) is 1. The van der Waals surface area contributed by atoms with Crippen molar-refractivity contribution in [2.75, 3.05) is 20.2 Å². The summed E-state index contributed by atoms with van der Waals surface area (Å²) in [7, 11) is 1.58. The number of rotatable bonds is 3. The van der Waals surface area contributed by atoms with E-state index in [-0.39, 0.29) is 5.82 Å². The van der Waals surface area contributed by atoms with Gasteiger partial charge in [-0.2, -0.15) is 5.10 Å². The highest BCUT2D eigenvalue weighted by molar-refractivity contribution is 7.18. The van der Waals surface area contributed by atoms with Crippen LogP contribution in [0.25, 0.3) is 27.4 Å². The Hall–Kier alpha value is -2.65. The molecular formula is C19H19FN6OS. The molecule has 0 aliphatic carbocycles. The highest BCUT2D eigenvalue weighted by Crippen LogP contribution is 2.34. The zero-order valence-electron chi connectivity index (χ0n) is 15.6. The van der Waals surface area contributed by atoms with Gasteiger partial charge in [0.15, 0.2) is 17.2 Å². The smallest absolute Gasteiger partial charge is 0.196 e. The van der Waals surface area contributed by atoms with Gasteiger partial charge in [-0.05, 0) is 32.9 Å². The number of hydrogen-bond donors (Lipinski definition) is 1. The van der Waals surface area contributed by atoms with Crippen LogP contribution in [0, 0.1) is 12.7 Å². The number of imidazole rings is 1. The number of piperidine rings is 1. The summed E-state index contributed by atoms with van der Waals surface area (Å²) in [5.74, 6) is 0.561. The van der Waals surface area contributed by atoms with Crippen molar-refractivity contribution in [3.05, 3.63) is 34.8 Å². The normalized spacial score (nSPS) is 15.5. The van der Waals surface area contributed by atoms with Crippen LogP contribution in [-0.2, 0) is 0 Å². The minimum absolute atomic E-state index is 0.341. The molecule has 0 radical (unpaired) electrons. The van der Waals surface area contributed by atoms with E-state index in [0.717, 1.165) is 36.6 Å². The fraction of sp³-hybridized carbons (Fsp3) is 0.368. The van der Waals surface area contributed by atoms with Crippen molar-refractivity contribution < 1.29 is 9.13 Å². The summed E-state index contributed by atoms with van der Waals surface area (Å²) >= 11 is 1.48. The van der Waals surface area contributed by atoms with Gasteiger partial charge in [-0.1, -0.05) is 11.3 Å². The molecule has 7 nitrogen and oxygen atoms in total. The molecule has 28 heavy (non-hydrogen) atoms. The van der Waals surface area contributed by atoms with E-state index in [0.29, 0.717) is 39.0 Å². The molecule has 0 atom stereocenters. The summed E-state index contributed by atoms with van der Waals surface area (Å²) in [4.78, 5) is 14.2. The number of hydrogen-bond acceptors (Lipinski definition) is 7. The monoisotopic (exact) mass is 398 g/mol. The molecule has 1 aliphatic heterocycles. The molecule has 5 heterocycles. The Morgan fingerprint density at radius 2 is 2.00 bits per heavy atom. The molecule has 0 aromatic carbocycles. The quantitative estimate of drug-likeness (QED) is 0.570. The Kier molecular flexibility index (Phi) is 4.21. The molecule has 1 aliphatic rings. The number of ether oxygens (including phenoxy) is 1. The summed E-state index contributed by atoms with van der Waals surface area (Å²) in [6, 6.07) is 3.13. The second-order valence-electron chi connectivity index (χ2n) is 6.97. The first-order valence-electron chi connectivity index (χ1n) is 9.21. The van der Waals surface area contributed by atoms with Crippen molar-refractivity contribution in [1.82, 2.24) is 29.9 Å². The van der Waals surface area contributed by atoms with Gasteiger partial charge >= 0.3 is 0 Å². The van der Waals surface area contributed by atoms with Crippen LogP contribution in [0.1, 0.15) is 29.5 Å². The zero-order valence-corrected chi connectivity index (χ0v) is 16.4. The van der Waals surface area contributed by atoms with E-state index in [1.54, 1.807) is 23.9 Å². The van der Waals surface area contributed by atoms with Gasteiger partial charge in [-0.3, -0.25) is 0 Å². The van der Waals surface area contributed by atoms with Crippen LogP contribution in [0.3, 0.4) is 0 Å². The molecule has 0 amide bonds. The average Bonchev–Trinajstić information content (AvgIpc) is 3.30. The lowest BCUT2D eigenvalue weighted by Crippen LogP contribution is -2.26. The summed E-state index contributed by atoms with van der Waals surface area (Å²) < 4.78 is 21.9. The molecule has 4 aromatic heterocycles. The van der Waals surface area contributed by atoms with E-state index in [2.05, 4.69) is 25.4 Å². The van der Waals surface area contributed by atoms with Gasteiger partial charge in [0.25, 0.3) is 0 Å². The summed E-state index contributed by atoms with van der Waals surface area (Å²) in [5.41, 5.74) is 2.77. The van der Waals surface area contributed by atoms with E-state index in [9.17, 15) is 4.39 Å². The second-order valence-corrected chi connectivity index (χ2v) is 7.98. The highest BCUT2D eigenvalue weighted by Gasteiger charge is 2.22. The fourth-order valence-corrected chi connectivity index (χ4v) is 4.72. The van der Waals surface area contributed by atoms with Gasteiger partial charge in [0.1, 0.15) is 16.0 Å². The molecular weight excluding hydrogens is 379 g/mol. The minimum Gasteiger partial charge on any atom is -0.493 e. The van der Waals surface area contributed by atoms with E-state index < -0.39 is 0 Å². The van der Waals surface area contributed by atoms with E-state index >= 15 is 0 Å². The van der Waals surface area contributed by atoms with Crippen LogP contribution in [0.5, 0.6) is 5.75 Å². The van der Waals surface area contributed by atoms with Crippen molar-refractivity contribution in [1.29, 1.82) is 0 Å². The number of aryl methyl sites for hydroxylation is 1. The first-order chi connectivity index (χ1) is 13.6. The molecule has 0 saturated carbocycles. The topological polar surface area (TPSA) is 77.2 Å². The van der Waals surface area contributed by atoms with Gasteiger partial charge in [0.05, 0.1) is 29.7 Å². The number of fused-ring (bicyclic) bond motifs is 2. The van der Waals surface area contributed by atoms with Crippen LogP contribution in [0.15, 0.2) is 18.3 Å². The lowest BCUT2D eigenvalue weighted by molar-refractivity contribution is 0.416. The van der Waals surface area contributed by atoms with Crippen molar-refractivity contribution in [3.8, 4) is 17.1 Å². The first-order valence-corrected chi connectivity index (χ1v) is 10.0. The zero-order chi connectivity index (χ0) is 19.3. The van der Waals surface area contributed by atoms with Crippen molar-refractivity contribution >= 4 is 27.3 Å². The van der Waals surface area contributed by atoms with Crippen molar-refractivity contribution in [2.45, 2.75) is 25.7 Å². The van der Waals surface area contributed by atoms with Gasteiger partial charge in [0.2, 0.25) is 0 Å². The predicted octanol–water partition coefficient (Wildman–Crippen LogP) is 3.32. The third kappa shape index (κ3) is 2.91. The summed E-state index contributed by atoms with van der Waals surface area (Å²) in [6.45, 7) is 3.82. The van der Waals surface area contributed by atoms with Crippen LogP contribution in [0.2, 0.25) is 0 Å². The summed E-state index contributed by atoms with van der Waals surface area (Å²) in [6.07, 6.45) is 3.84. The molecule has 0 unspecified atom stereocenters. The lowest BCUT2D eigenvalue weighted by Gasteiger charge is -2.20. The Labute approximate surface area is 164 Å². The van der Waals surface area contributed by atoms with Crippen LogP contribution < -0.4 is 10.1 Å². The average molecular weight is 398 g/mol. The Balaban J connectivity index is 1.62. The molecule has 0 bridgehead atoms. The molecule has 1 saturated heterocycles. The number of methoxy groups -OCH3 is 1. The van der Waals surface area contributed by atoms with Gasteiger partial charge in [0, 0.05) is 18.1 Å². The summed E-state index contributed by atoms with van der Waals surface area (Å²) in [5, 5.41) is 8.85. The molecule has 4 aromatic rings. The Bertz CT molecular complexity index is 1180. The maximum atomic E-state index is 14.8. The highest BCUT2D eigenvalue weighted by atomic mass is 32.1. The minimum atomic E-state index is -0.376. The Morgan fingerprint density at radius 1 is 1.18 bits per heavy atom. The molecule has 1 fully saturated rings. The number of aromatic nitrogens is 5. The van der Waals surface area contributed by atoms with Crippen molar-refractivity contribution in [2.24, 2.45) is 0 Å². The fourth-order valence-electron chi connectivity index (χ4n) is 3.60. The standard InChI is InChI=1S/C19H19FN6OS/c1-10-9-26-17(22-10)15(27-2)8-14(25-26)13-7-12(20)16-19(23-13)28-18(24-16)11-3-5-21-6-4-11/h7-9,11,21H,3-6H2,1-2H3. The number of nitrogens with zero attached hydrogens (tertiary/aromatic N) is 5. The van der Waals surface area contributed by atoms with Crippen LogP contribution in [-0.4, -0.2) is 44.8 Å². The molecule has 9 heteroatoms. The van der Waals surface area contributed by atoms with Gasteiger partial charge in [-0.25, -0.2) is 23.9 Å². The SMILES string of the molecule is COc1cc(-c2cc(F)c3nc(C4CCNCC4)sc3n2)nn2cc(C)nc12. The third-order valence-electron chi connectivity index (χ3n) is 5.02. The maximum absolute atomic E-state index is 14.8. The first kappa shape index (κ1) is 17.4. The Morgan fingerprint density at radius 3 is 2.79 bits per heavy atom. The molecule has 1 N–H and O–H groups in total. The van der Waals surface area contributed by atoms with E-state index in [1.165, 1.54) is 17.4 Å². The largest absolute Gasteiger partial charge is 0.493 e. The number of pyridine rings is 1. The van der Waals surface area contributed by atoms with E-state index in [1.807, 2.05) is 6.92 Å². The third-order valence-corrected chi connectivity index (χ3v) is 6.13. The van der Waals surface area contributed by atoms with Gasteiger partial charge in [-0.15, -0.1) is 0 Å². The van der Waals surface area contributed by atoms with Gasteiger partial charge < -0.3 is 10.1 Å². The lowest BCUT2D eigenvalue weighted by atomic mass is 9.99. The van der Waals surface area contributed by atoms with Crippen molar-refractivity contribution in [3.63, 3.8) is 0 Å². The van der Waals surface area contributed by atoms with E-state index in [4.69, 9.17) is 4.74 Å². The number of halogens is 1. The maximum Gasteiger partial charge on any atom is 0.196 e. The molecule has 144 valence electrons. The number of thiazole rings is 1. The molecule has 5 rings (SSSR count). The van der Waals surface area contributed by atoms with Crippen LogP contribution >= 0.6 is 11.3 Å². The van der Waals surface area contributed by atoms with Crippen LogP contribution in [0.4, 0.5) is 4.39 Å². The predicted molar refractivity (Wildman–Crippen MR) is 105 cm³/mol.